The molecule has 0 saturated carbocycles. The predicted octanol–water partition coefficient (Wildman–Crippen LogP) is 4.44. The van der Waals surface area contributed by atoms with Crippen molar-refractivity contribution in [1.82, 2.24) is 9.97 Å². The van der Waals surface area contributed by atoms with Crippen LogP contribution < -0.4 is 4.90 Å². The van der Waals surface area contributed by atoms with E-state index in [0.29, 0.717) is 21.3 Å². The fourth-order valence-electron chi connectivity index (χ4n) is 3.65. The third-order valence-electron chi connectivity index (χ3n) is 5.24. The lowest BCUT2D eigenvalue weighted by atomic mass is 10.0. The first-order valence-electron chi connectivity index (χ1n) is 10.3. The number of carbonyl (C=O) groups is 3. The monoisotopic (exact) mass is 495 g/mol. The highest BCUT2D eigenvalue weighted by Gasteiger charge is 2.45. The summed E-state index contributed by atoms with van der Waals surface area (Å²) in [4.78, 5) is 49.3. The molecule has 10 heteroatoms. The van der Waals surface area contributed by atoms with Gasteiger partial charge in [0, 0.05) is 0 Å². The van der Waals surface area contributed by atoms with E-state index < -0.39 is 29.5 Å². The molecular formula is C24H21N3O5S2. The molecular weight excluding hydrogens is 474 g/mol. The molecule has 8 nitrogen and oxygen atoms in total. The van der Waals surface area contributed by atoms with Crippen LogP contribution in [0.25, 0.3) is 6.08 Å². The van der Waals surface area contributed by atoms with Crippen molar-refractivity contribution in [2.75, 3.05) is 12.0 Å². The van der Waals surface area contributed by atoms with Gasteiger partial charge in [-0.2, -0.15) is 0 Å². The number of hydrogen-bond donors (Lipinski definition) is 1. The van der Waals surface area contributed by atoms with Crippen LogP contribution in [-0.2, 0) is 9.53 Å². The van der Waals surface area contributed by atoms with Gasteiger partial charge in [-0.3, -0.25) is 14.5 Å². The molecule has 1 amide bonds. The number of benzene rings is 1. The molecule has 34 heavy (non-hydrogen) atoms. The third kappa shape index (κ3) is 4.17. The van der Waals surface area contributed by atoms with Crippen molar-refractivity contribution >= 4 is 51.5 Å². The van der Waals surface area contributed by atoms with Crippen LogP contribution in [-0.4, -0.2) is 45.9 Å². The molecule has 0 aliphatic carbocycles. The van der Waals surface area contributed by atoms with E-state index in [9.17, 15) is 19.5 Å². The number of amides is 1. The van der Waals surface area contributed by atoms with E-state index in [-0.39, 0.29) is 15.6 Å². The van der Waals surface area contributed by atoms with Crippen molar-refractivity contribution in [2.24, 2.45) is 0 Å². The standard InChI is InChI=1S/C24H21N3O5S2/c1-12-20(33-14(3)25-12)18(28)17-16(11-10-15-8-6-5-7-9-15)27(22(30)19(17)29)24-26-13(2)21(34-24)23(31)32-4/h5-11,16,29H,1-4H3/b11-10+. The van der Waals surface area contributed by atoms with Crippen molar-refractivity contribution in [1.29, 1.82) is 0 Å². The highest BCUT2D eigenvalue weighted by atomic mass is 32.1. The number of Topliss-reactive ketones (excluding diaryl/α,β-unsaturated/α-hetero) is 1. The van der Waals surface area contributed by atoms with Crippen molar-refractivity contribution in [2.45, 2.75) is 26.8 Å². The summed E-state index contributed by atoms with van der Waals surface area (Å²) in [5, 5.41) is 11.7. The Morgan fingerprint density at radius 2 is 1.74 bits per heavy atom. The topological polar surface area (TPSA) is 110 Å². The number of carbonyl (C=O) groups excluding carboxylic acids is 3. The van der Waals surface area contributed by atoms with E-state index >= 15 is 0 Å². The Hall–Kier alpha value is -3.63. The zero-order valence-corrected chi connectivity index (χ0v) is 20.5. The first-order chi connectivity index (χ1) is 16.2. The summed E-state index contributed by atoms with van der Waals surface area (Å²) in [6.07, 6.45) is 3.44. The first-order valence-corrected chi connectivity index (χ1v) is 11.9. The van der Waals surface area contributed by atoms with Crippen LogP contribution >= 0.6 is 22.7 Å². The Labute approximate surface area is 203 Å². The van der Waals surface area contributed by atoms with Crippen LogP contribution in [0.5, 0.6) is 0 Å². The molecule has 2 aromatic heterocycles. The van der Waals surface area contributed by atoms with Crippen molar-refractivity contribution in [3.05, 3.63) is 79.5 Å². The zero-order valence-electron chi connectivity index (χ0n) is 18.9. The molecule has 3 aromatic rings. The van der Waals surface area contributed by atoms with Crippen molar-refractivity contribution in [3.8, 4) is 0 Å². The lowest BCUT2D eigenvalue weighted by Gasteiger charge is -2.21. The Kier molecular flexibility index (Phi) is 6.45. The van der Waals surface area contributed by atoms with Crippen LogP contribution in [0, 0.1) is 20.8 Å². The molecule has 1 atom stereocenters. The molecule has 4 rings (SSSR count). The van der Waals surface area contributed by atoms with Crippen LogP contribution in [0.4, 0.5) is 5.13 Å². The molecule has 0 spiro atoms. The summed E-state index contributed by atoms with van der Waals surface area (Å²) in [5.74, 6) is -2.46. The van der Waals surface area contributed by atoms with Gasteiger partial charge in [0.15, 0.2) is 10.9 Å². The van der Waals surface area contributed by atoms with E-state index in [4.69, 9.17) is 4.74 Å². The van der Waals surface area contributed by atoms with Crippen LogP contribution in [0.3, 0.4) is 0 Å². The minimum atomic E-state index is -0.932. The van der Waals surface area contributed by atoms with Crippen LogP contribution in [0.15, 0.2) is 47.7 Å². The summed E-state index contributed by atoms with van der Waals surface area (Å²) in [6, 6.07) is 8.44. The second kappa shape index (κ2) is 9.32. The highest BCUT2D eigenvalue weighted by Crippen LogP contribution is 2.38. The Bertz CT molecular complexity index is 1350. The number of esters is 1. The quantitative estimate of drug-likeness (QED) is 0.398. The number of aryl methyl sites for hydroxylation is 3. The number of ether oxygens (including phenoxy) is 1. The van der Waals surface area contributed by atoms with Gasteiger partial charge in [-0.05, 0) is 26.3 Å². The smallest absolute Gasteiger partial charge is 0.350 e. The number of aliphatic hydroxyl groups excluding tert-OH is 1. The molecule has 0 bridgehead atoms. The average Bonchev–Trinajstić information content (AvgIpc) is 3.45. The van der Waals surface area contributed by atoms with E-state index in [1.807, 2.05) is 30.3 Å². The minimum Gasteiger partial charge on any atom is -0.503 e. The van der Waals surface area contributed by atoms with E-state index in [0.717, 1.165) is 16.9 Å². The van der Waals surface area contributed by atoms with Crippen molar-refractivity contribution < 1.29 is 24.2 Å². The minimum absolute atomic E-state index is 0.0589. The van der Waals surface area contributed by atoms with Gasteiger partial charge in [0.1, 0.15) is 4.88 Å². The summed E-state index contributed by atoms with van der Waals surface area (Å²) in [5.41, 5.74) is 1.71. The van der Waals surface area contributed by atoms with Crippen LogP contribution in [0.2, 0.25) is 0 Å². The Morgan fingerprint density at radius 1 is 1.06 bits per heavy atom. The van der Waals surface area contributed by atoms with E-state index in [2.05, 4.69) is 9.97 Å². The number of aliphatic hydroxyl groups is 1. The summed E-state index contributed by atoms with van der Waals surface area (Å²) >= 11 is 2.17. The number of nitrogens with zero attached hydrogens (tertiary/aromatic N) is 3. The number of methoxy groups -OCH3 is 1. The molecule has 0 saturated heterocycles. The van der Waals surface area contributed by atoms with Gasteiger partial charge >= 0.3 is 5.97 Å². The molecule has 1 aliphatic heterocycles. The maximum atomic E-state index is 13.5. The van der Waals surface area contributed by atoms with Gasteiger partial charge in [-0.25, -0.2) is 14.8 Å². The molecule has 1 aromatic carbocycles. The number of anilines is 1. The normalized spacial score (nSPS) is 16.1. The molecule has 1 N–H and O–H groups in total. The van der Waals surface area contributed by atoms with E-state index in [1.54, 1.807) is 32.9 Å². The molecule has 0 fully saturated rings. The second-order valence-corrected chi connectivity index (χ2v) is 9.71. The Balaban J connectivity index is 1.83. The largest absolute Gasteiger partial charge is 0.503 e. The average molecular weight is 496 g/mol. The van der Waals surface area contributed by atoms with Gasteiger partial charge in [-0.15, -0.1) is 11.3 Å². The fourth-order valence-corrected chi connectivity index (χ4v) is 5.55. The first kappa shape index (κ1) is 23.5. The highest BCUT2D eigenvalue weighted by molar-refractivity contribution is 7.17. The zero-order chi connectivity index (χ0) is 24.6. The number of ketones is 1. The second-order valence-electron chi connectivity index (χ2n) is 7.53. The Morgan fingerprint density at radius 3 is 2.35 bits per heavy atom. The van der Waals surface area contributed by atoms with Gasteiger partial charge in [0.05, 0.1) is 40.0 Å². The maximum absolute atomic E-state index is 13.5. The van der Waals surface area contributed by atoms with Gasteiger partial charge in [0.25, 0.3) is 5.91 Å². The van der Waals surface area contributed by atoms with Gasteiger partial charge < -0.3 is 9.84 Å². The van der Waals surface area contributed by atoms with Crippen molar-refractivity contribution in [3.63, 3.8) is 0 Å². The summed E-state index contributed by atoms with van der Waals surface area (Å²) < 4.78 is 4.80. The summed E-state index contributed by atoms with van der Waals surface area (Å²) in [6.45, 7) is 5.13. The number of rotatable bonds is 6. The molecule has 3 heterocycles. The number of thiazole rings is 2. The molecule has 0 radical (unpaired) electrons. The third-order valence-corrected chi connectivity index (χ3v) is 7.45. The number of aromatic nitrogens is 2. The maximum Gasteiger partial charge on any atom is 0.350 e. The molecule has 1 unspecified atom stereocenters. The lowest BCUT2D eigenvalue weighted by Crippen LogP contribution is -2.35. The summed E-state index contributed by atoms with van der Waals surface area (Å²) in [7, 11) is 1.26. The molecule has 174 valence electrons. The number of hydrogen-bond acceptors (Lipinski definition) is 9. The fraction of sp³-hybridized carbons (Fsp3) is 0.208. The molecule has 1 aliphatic rings. The van der Waals surface area contributed by atoms with Gasteiger partial charge in [-0.1, -0.05) is 53.8 Å². The van der Waals surface area contributed by atoms with E-state index in [1.165, 1.54) is 23.3 Å². The van der Waals surface area contributed by atoms with Crippen LogP contribution in [0.1, 0.15) is 41.3 Å². The SMILES string of the molecule is COC(=O)c1sc(N2C(=O)C(O)=C(C(=O)c3sc(C)nc3C)C2/C=C/c2ccccc2)nc1C. The predicted molar refractivity (Wildman–Crippen MR) is 131 cm³/mol. The van der Waals surface area contributed by atoms with Gasteiger partial charge in [0.2, 0.25) is 5.78 Å². The lowest BCUT2D eigenvalue weighted by molar-refractivity contribution is -0.116.